The largest absolute Gasteiger partial charge is 0.444 e. The third kappa shape index (κ3) is 4.49. The quantitative estimate of drug-likeness (QED) is 0.677. The van der Waals surface area contributed by atoms with Gasteiger partial charge in [0.1, 0.15) is 5.60 Å². The first-order valence-electron chi connectivity index (χ1n) is 8.26. The van der Waals surface area contributed by atoms with Gasteiger partial charge in [0.15, 0.2) is 0 Å². The van der Waals surface area contributed by atoms with Crippen LogP contribution in [0.3, 0.4) is 0 Å². The minimum atomic E-state index is -0.410. The highest BCUT2D eigenvalue weighted by Crippen LogP contribution is 2.38. The van der Waals surface area contributed by atoms with Crippen LogP contribution < -0.4 is 0 Å². The molecule has 2 bridgehead atoms. The summed E-state index contributed by atoms with van der Waals surface area (Å²) in [4.78, 5) is 14.4. The van der Waals surface area contributed by atoms with Gasteiger partial charge in [-0.2, -0.15) is 0 Å². The van der Waals surface area contributed by atoms with Crippen molar-refractivity contribution in [3.63, 3.8) is 0 Å². The molecule has 0 aromatic heterocycles. The maximum atomic E-state index is 12.4. The van der Waals surface area contributed by atoms with Gasteiger partial charge in [-0.3, -0.25) is 4.90 Å². The second-order valence-electron chi connectivity index (χ2n) is 8.78. The van der Waals surface area contributed by atoms with Gasteiger partial charge in [-0.05, 0) is 58.3 Å². The number of fused-ring (bicyclic) bond motifs is 2. The molecule has 3 heteroatoms. The molecular formula is C18H31NO2. The molecule has 2 unspecified atom stereocenters. The van der Waals surface area contributed by atoms with Gasteiger partial charge in [0.05, 0.1) is 6.04 Å². The maximum Gasteiger partial charge on any atom is 0.411 e. The Balaban J connectivity index is 2.00. The van der Waals surface area contributed by atoms with Crippen LogP contribution in [0.4, 0.5) is 4.79 Å². The second-order valence-corrected chi connectivity index (χ2v) is 8.78. The summed E-state index contributed by atoms with van der Waals surface area (Å²) in [6, 6.07) is 0.610. The average molecular weight is 293 g/mol. The zero-order valence-electron chi connectivity index (χ0n) is 14.5. The summed E-state index contributed by atoms with van der Waals surface area (Å²) < 4.78 is 5.57. The highest BCUT2D eigenvalue weighted by Gasteiger charge is 2.41. The number of hydrogen-bond acceptors (Lipinski definition) is 2. The number of ether oxygens (including phenoxy) is 1. The van der Waals surface area contributed by atoms with Crippen molar-refractivity contribution in [3.05, 3.63) is 11.6 Å². The van der Waals surface area contributed by atoms with Crippen molar-refractivity contribution >= 4 is 6.09 Å². The molecule has 1 fully saturated rings. The number of carbonyl (C=O) groups is 1. The summed E-state index contributed by atoms with van der Waals surface area (Å²) in [5, 5.41) is 0. The number of nitrogens with zero attached hydrogens (tertiary/aromatic N) is 1. The highest BCUT2D eigenvalue weighted by molar-refractivity contribution is 5.70. The molecule has 120 valence electrons. The van der Waals surface area contributed by atoms with Crippen molar-refractivity contribution in [2.75, 3.05) is 0 Å². The Morgan fingerprint density at radius 3 is 2.43 bits per heavy atom. The Bertz CT molecular complexity index is 425. The SMILES string of the molecule is CC(C)(C)CCC1=CC2CCC(C1)N2C(=O)OC(C)(C)C. The molecule has 0 aliphatic carbocycles. The first kappa shape index (κ1) is 16.4. The van der Waals surface area contributed by atoms with Gasteiger partial charge in [0.2, 0.25) is 0 Å². The fraction of sp³-hybridized carbons (Fsp3) is 0.833. The van der Waals surface area contributed by atoms with Crippen molar-refractivity contribution in [1.82, 2.24) is 4.90 Å². The summed E-state index contributed by atoms with van der Waals surface area (Å²) in [6.07, 6.45) is 7.80. The Labute approximate surface area is 129 Å². The Morgan fingerprint density at radius 1 is 1.24 bits per heavy atom. The molecule has 0 saturated carbocycles. The highest BCUT2D eigenvalue weighted by atomic mass is 16.6. The maximum absolute atomic E-state index is 12.4. The smallest absolute Gasteiger partial charge is 0.411 e. The van der Waals surface area contributed by atoms with E-state index < -0.39 is 5.60 Å². The van der Waals surface area contributed by atoms with Gasteiger partial charge in [0.25, 0.3) is 0 Å². The van der Waals surface area contributed by atoms with E-state index >= 15 is 0 Å². The van der Waals surface area contributed by atoms with E-state index in [0.717, 1.165) is 19.3 Å². The van der Waals surface area contributed by atoms with Crippen LogP contribution in [0, 0.1) is 5.41 Å². The summed E-state index contributed by atoms with van der Waals surface area (Å²) in [7, 11) is 0. The summed E-state index contributed by atoms with van der Waals surface area (Å²) in [6.45, 7) is 12.7. The lowest BCUT2D eigenvalue weighted by molar-refractivity contribution is 0.0165. The van der Waals surface area contributed by atoms with Crippen molar-refractivity contribution in [2.24, 2.45) is 5.41 Å². The van der Waals surface area contributed by atoms with Crippen LogP contribution in [-0.2, 0) is 4.74 Å². The Hall–Kier alpha value is -0.990. The van der Waals surface area contributed by atoms with E-state index in [1.807, 2.05) is 25.7 Å². The molecule has 3 nitrogen and oxygen atoms in total. The molecule has 0 radical (unpaired) electrons. The predicted molar refractivity (Wildman–Crippen MR) is 86.3 cm³/mol. The molecule has 0 aromatic carbocycles. The van der Waals surface area contributed by atoms with E-state index in [0.29, 0.717) is 11.5 Å². The normalized spacial score (nSPS) is 25.8. The first-order valence-corrected chi connectivity index (χ1v) is 8.26. The standard InChI is InChI=1S/C18H31NO2/c1-17(2,3)10-9-13-11-14-7-8-15(12-13)19(14)16(20)21-18(4,5)6/h11,14-15H,7-10,12H2,1-6H3. The lowest BCUT2D eigenvalue weighted by Crippen LogP contribution is -2.45. The minimum Gasteiger partial charge on any atom is -0.444 e. The molecule has 2 heterocycles. The number of rotatable bonds is 2. The molecular weight excluding hydrogens is 262 g/mol. The van der Waals surface area contributed by atoms with Crippen LogP contribution >= 0.6 is 0 Å². The van der Waals surface area contributed by atoms with Gasteiger partial charge in [-0.1, -0.05) is 32.4 Å². The molecule has 2 aliphatic rings. The predicted octanol–water partition coefficient (Wildman–Crippen LogP) is 4.91. The number of hydrogen-bond donors (Lipinski definition) is 0. The zero-order valence-corrected chi connectivity index (χ0v) is 14.5. The third-order valence-corrected chi connectivity index (χ3v) is 4.27. The molecule has 0 spiro atoms. The van der Waals surface area contributed by atoms with E-state index in [1.54, 1.807) is 0 Å². The average Bonchev–Trinajstić information content (AvgIpc) is 2.55. The fourth-order valence-corrected chi connectivity index (χ4v) is 3.24. The second kappa shape index (κ2) is 5.66. The molecule has 2 atom stereocenters. The van der Waals surface area contributed by atoms with Gasteiger partial charge in [-0.25, -0.2) is 4.79 Å². The van der Waals surface area contributed by atoms with E-state index in [1.165, 1.54) is 18.4 Å². The van der Waals surface area contributed by atoms with Crippen LogP contribution in [0.5, 0.6) is 0 Å². The molecule has 2 rings (SSSR count). The number of amides is 1. The first-order chi connectivity index (χ1) is 9.55. The van der Waals surface area contributed by atoms with Crippen LogP contribution in [0.15, 0.2) is 11.6 Å². The number of carbonyl (C=O) groups excluding carboxylic acids is 1. The molecule has 0 aromatic rings. The summed E-state index contributed by atoms with van der Waals surface area (Å²) in [5.41, 5.74) is 1.51. The van der Waals surface area contributed by atoms with Crippen molar-refractivity contribution in [2.45, 2.75) is 91.3 Å². The molecule has 2 aliphatic heterocycles. The lowest BCUT2D eigenvalue weighted by atomic mass is 9.86. The van der Waals surface area contributed by atoms with E-state index in [4.69, 9.17) is 4.74 Å². The Kier molecular flexibility index (Phi) is 4.41. The molecule has 21 heavy (non-hydrogen) atoms. The molecule has 1 saturated heterocycles. The zero-order chi connectivity index (χ0) is 15.8. The lowest BCUT2D eigenvalue weighted by Gasteiger charge is -2.35. The van der Waals surface area contributed by atoms with Crippen molar-refractivity contribution in [1.29, 1.82) is 0 Å². The van der Waals surface area contributed by atoms with Crippen LogP contribution in [0.25, 0.3) is 0 Å². The Morgan fingerprint density at radius 2 is 1.90 bits per heavy atom. The van der Waals surface area contributed by atoms with E-state index in [2.05, 4.69) is 26.8 Å². The van der Waals surface area contributed by atoms with Gasteiger partial charge < -0.3 is 4.74 Å². The minimum absolute atomic E-state index is 0.138. The molecule has 0 N–H and O–H groups in total. The van der Waals surface area contributed by atoms with Gasteiger partial charge >= 0.3 is 6.09 Å². The molecule has 1 amide bonds. The van der Waals surface area contributed by atoms with Crippen molar-refractivity contribution < 1.29 is 9.53 Å². The van der Waals surface area contributed by atoms with E-state index in [9.17, 15) is 4.79 Å². The third-order valence-electron chi connectivity index (χ3n) is 4.27. The van der Waals surface area contributed by atoms with Crippen molar-refractivity contribution in [3.8, 4) is 0 Å². The van der Waals surface area contributed by atoms with E-state index in [-0.39, 0.29) is 12.1 Å². The fourth-order valence-electron chi connectivity index (χ4n) is 3.24. The monoisotopic (exact) mass is 293 g/mol. The van der Waals surface area contributed by atoms with Crippen LogP contribution in [0.2, 0.25) is 0 Å². The van der Waals surface area contributed by atoms with Crippen LogP contribution in [-0.4, -0.2) is 28.7 Å². The summed E-state index contributed by atoms with van der Waals surface area (Å²) >= 11 is 0. The van der Waals surface area contributed by atoms with Gasteiger partial charge in [-0.15, -0.1) is 0 Å². The van der Waals surface area contributed by atoms with Crippen LogP contribution in [0.1, 0.15) is 73.6 Å². The topological polar surface area (TPSA) is 29.5 Å². The van der Waals surface area contributed by atoms with Gasteiger partial charge in [0, 0.05) is 6.04 Å². The summed E-state index contributed by atoms with van der Waals surface area (Å²) in [5.74, 6) is 0.